The highest BCUT2D eigenvalue weighted by atomic mass is 32.1. The van der Waals surface area contributed by atoms with E-state index in [1.54, 1.807) is 6.20 Å². The van der Waals surface area contributed by atoms with Gasteiger partial charge in [-0.1, -0.05) is 20.8 Å². The van der Waals surface area contributed by atoms with Gasteiger partial charge in [-0.15, -0.1) is 11.3 Å². The highest BCUT2D eigenvalue weighted by Crippen LogP contribution is 2.29. The highest BCUT2D eigenvalue weighted by Gasteiger charge is 2.28. The van der Waals surface area contributed by atoms with Crippen molar-refractivity contribution in [3.05, 3.63) is 11.1 Å². The van der Waals surface area contributed by atoms with Crippen LogP contribution in [0.25, 0.3) is 0 Å². The molecule has 7 nitrogen and oxygen atoms in total. The molecule has 8 heteroatoms. The molecule has 1 atom stereocenters. The molecule has 21 heavy (non-hydrogen) atoms. The number of amides is 4. The number of piperidine rings is 1. The predicted molar refractivity (Wildman–Crippen MR) is 79.1 cm³/mol. The molecule has 3 N–H and O–H groups in total. The van der Waals surface area contributed by atoms with Crippen molar-refractivity contribution in [3.8, 4) is 0 Å². The first-order valence-corrected chi connectivity index (χ1v) is 7.45. The van der Waals surface area contributed by atoms with Gasteiger partial charge in [-0.2, -0.15) is 0 Å². The molecule has 2 rings (SSSR count). The molecule has 1 fully saturated rings. The summed E-state index contributed by atoms with van der Waals surface area (Å²) in [4.78, 5) is 39.6. The van der Waals surface area contributed by atoms with E-state index in [0.717, 1.165) is 4.88 Å². The van der Waals surface area contributed by atoms with Crippen molar-refractivity contribution >= 4 is 34.3 Å². The molecule has 1 aromatic rings. The molecular formula is C13H18N4O3S. The molecule has 4 amide bonds. The van der Waals surface area contributed by atoms with Crippen LogP contribution >= 0.6 is 11.3 Å². The van der Waals surface area contributed by atoms with Gasteiger partial charge in [0.2, 0.25) is 11.8 Å². The predicted octanol–water partition coefficient (Wildman–Crippen LogP) is 1.37. The molecule has 2 heterocycles. The Kier molecular flexibility index (Phi) is 4.26. The van der Waals surface area contributed by atoms with E-state index in [-0.39, 0.29) is 17.7 Å². The number of hydrogen-bond acceptors (Lipinski definition) is 5. The Hall–Kier alpha value is -1.96. The number of nitrogens with zero attached hydrogens (tertiary/aromatic N) is 1. The Morgan fingerprint density at radius 1 is 1.43 bits per heavy atom. The highest BCUT2D eigenvalue weighted by molar-refractivity contribution is 7.15. The minimum Gasteiger partial charge on any atom is -0.326 e. The lowest BCUT2D eigenvalue weighted by Crippen LogP contribution is -2.53. The standard InChI is InChI=1S/C13H18N4O3S/c1-13(2,3)8-6-14-12(21-8)17-11(20)15-7-4-5-9(18)16-10(7)19/h6-7H,4-5H2,1-3H3,(H,16,18,19)(H2,14,15,17,20). The molecule has 0 aliphatic carbocycles. The topological polar surface area (TPSA) is 100 Å². The van der Waals surface area contributed by atoms with Crippen molar-refractivity contribution in [1.29, 1.82) is 0 Å². The lowest BCUT2D eigenvalue weighted by atomic mass is 9.96. The first-order chi connectivity index (χ1) is 9.75. The molecule has 1 saturated heterocycles. The maximum Gasteiger partial charge on any atom is 0.321 e. The lowest BCUT2D eigenvalue weighted by Gasteiger charge is -2.21. The second-order valence-corrected chi connectivity index (χ2v) is 6.91. The van der Waals surface area contributed by atoms with E-state index in [0.29, 0.717) is 11.6 Å². The zero-order valence-corrected chi connectivity index (χ0v) is 13.0. The van der Waals surface area contributed by atoms with Crippen LogP contribution in [-0.2, 0) is 15.0 Å². The normalized spacial score (nSPS) is 19.1. The third kappa shape index (κ3) is 4.01. The van der Waals surface area contributed by atoms with E-state index in [1.165, 1.54) is 11.3 Å². The van der Waals surface area contributed by atoms with E-state index < -0.39 is 18.0 Å². The van der Waals surface area contributed by atoms with Gasteiger partial charge in [0.15, 0.2) is 5.13 Å². The summed E-state index contributed by atoms with van der Waals surface area (Å²) in [6.45, 7) is 6.19. The summed E-state index contributed by atoms with van der Waals surface area (Å²) in [6.07, 6.45) is 2.26. The van der Waals surface area contributed by atoms with Crippen molar-refractivity contribution in [2.75, 3.05) is 5.32 Å². The average molecular weight is 310 g/mol. The Labute approximate surface area is 126 Å². The smallest absolute Gasteiger partial charge is 0.321 e. The zero-order valence-electron chi connectivity index (χ0n) is 12.1. The molecule has 0 bridgehead atoms. The van der Waals surface area contributed by atoms with Gasteiger partial charge in [-0.3, -0.25) is 20.2 Å². The summed E-state index contributed by atoms with van der Waals surface area (Å²) in [6, 6.07) is -1.19. The van der Waals surface area contributed by atoms with Crippen LogP contribution in [0, 0.1) is 0 Å². The van der Waals surface area contributed by atoms with Crippen LogP contribution in [-0.4, -0.2) is 28.9 Å². The van der Waals surface area contributed by atoms with Gasteiger partial charge in [0.25, 0.3) is 0 Å². The minimum atomic E-state index is -0.690. The Morgan fingerprint density at radius 3 is 2.71 bits per heavy atom. The maximum absolute atomic E-state index is 11.8. The number of hydrogen-bond donors (Lipinski definition) is 3. The molecule has 1 unspecified atom stereocenters. The lowest BCUT2D eigenvalue weighted by molar-refractivity contribution is -0.134. The van der Waals surface area contributed by atoms with Crippen LogP contribution < -0.4 is 16.0 Å². The summed E-state index contributed by atoms with van der Waals surface area (Å²) in [5.74, 6) is -0.788. The number of thiazole rings is 1. The molecule has 1 aliphatic rings. The number of urea groups is 1. The second kappa shape index (κ2) is 5.80. The van der Waals surface area contributed by atoms with Crippen molar-refractivity contribution < 1.29 is 14.4 Å². The molecule has 1 aromatic heterocycles. The van der Waals surface area contributed by atoms with Crippen LogP contribution in [0.3, 0.4) is 0 Å². The van der Waals surface area contributed by atoms with Crippen LogP contribution in [0.4, 0.5) is 9.93 Å². The van der Waals surface area contributed by atoms with Gasteiger partial charge in [-0.05, 0) is 11.8 Å². The van der Waals surface area contributed by atoms with Gasteiger partial charge in [0.05, 0.1) is 0 Å². The summed E-state index contributed by atoms with van der Waals surface area (Å²) in [5, 5.41) is 7.81. The Balaban J connectivity index is 1.91. The first kappa shape index (κ1) is 15.4. The SMILES string of the molecule is CC(C)(C)c1cnc(NC(=O)NC2CCC(=O)NC2=O)s1. The molecule has 0 saturated carbocycles. The molecular weight excluding hydrogens is 292 g/mol. The van der Waals surface area contributed by atoms with Gasteiger partial charge in [0, 0.05) is 17.5 Å². The maximum atomic E-state index is 11.8. The van der Waals surface area contributed by atoms with Crippen molar-refractivity contribution in [1.82, 2.24) is 15.6 Å². The fourth-order valence-corrected chi connectivity index (χ4v) is 2.67. The molecule has 0 aromatic carbocycles. The zero-order chi connectivity index (χ0) is 15.6. The largest absolute Gasteiger partial charge is 0.326 e. The average Bonchev–Trinajstić information content (AvgIpc) is 2.81. The van der Waals surface area contributed by atoms with Crippen LogP contribution in [0.2, 0.25) is 0 Å². The van der Waals surface area contributed by atoms with Gasteiger partial charge >= 0.3 is 6.03 Å². The Bertz CT molecular complexity index is 576. The van der Waals surface area contributed by atoms with Crippen molar-refractivity contribution in [2.24, 2.45) is 0 Å². The fourth-order valence-electron chi connectivity index (χ4n) is 1.80. The van der Waals surface area contributed by atoms with Gasteiger partial charge in [0.1, 0.15) is 6.04 Å². The monoisotopic (exact) mass is 310 g/mol. The number of rotatable bonds is 2. The molecule has 0 radical (unpaired) electrons. The number of aromatic nitrogens is 1. The van der Waals surface area contributed by atoms with Crippen molar-refractivity contribution in [2.45, 2.75) is 45.1 Å². The van der Waals surface area contributed by atoms with Crippen LogP contribution in [0.1, 0.15) is 38.5 Å². The van der Waals surface area contributed by atoms with E-state index in [2.05, 4.69) is 41.7 Å². The Morgan fingerprint density at radius 2 is 2.14 bits per heavy atom. The number of nitrogens with one attached hydrogen (secondary N) is 3. The summed E-state index contributed by atoms with van der Waals surface area (Å²) in [7, 11) is 0. The number of imide groups is 1. The van der Waals surface area contributed by atoms with Crippen LogP contribution in [0.15, 0.2) is 6.20 Å². The second-order valence-electron chi connectivity index (χ2n) is 5.88. The van der Waals surface area contributed by atoms with E-state index in [1.807, 2.05) is 0 Å². The first-order valence-electron chi connectivity index (χ1n) is 6.63. The van der Waals surface area contributed by atoms with Crippen molar-refractivity contribution in [3.63, 3.8) is 0 Å². The number of carbonyl (C=O) groups is 3. The summed E-state index contributed by atoms with van der Waals surface area (Å²) < 4.78 is 0. The third-order valence-electron chi connectivity index (χ3n) is 3.01. The third-order valence-corrected chi connectivity index (χ3v) is 4.35. The molecule has 114 valence electrons. The summed E-state index contributed by atoms with van der Waals surface area (Å²) >= 11 is 1.39. The van der Waals surface area contributed by atoms with E-state index in [9.17, 15) is 14.4 Å². The molecule has 0 spiro atoms. The molecule has 1 aliphatic heterocycles. The fraction of sp³-hybridized carbons (Fsp3) is 0.538. The van der Waals surface area contributed by atoms with Crippen LogP contribution in [0.5, 0.6) is 0 Å². The summed E-state index contributed by atoms with van der Waals surface area (Å²) in [5.41, 5.74) is -0.0301. The van der Waals surface area contributed by atoms with E-state index in [4.69, 9.17) is 0 Å². The van der Waals surface area contributed by atoms with Gasteiger partial charge < -0.3 is 5.32 Å². The van der Waals surface area contributed by atoms with Gasteiger partial charge in [-0.25, -0.2) is 9.78 Å². The quantitative estimate of drug-likeness (QED) is 0.718. The van der Waals surface area contributed by atoms with E-state index >= 15 is 0 Å². The number of anilines is 1. The minimum absolute atomic E-state index is 0.0301. The number of carbonyl (C=O) groups excluding carboxylic acids is 3.